The van der Waals surface area contributed by atoms with Gasteiger partial charge in [-0.25, -0.2) is 9.78 Å². The van der Waals surface area contributed by atoms with E-state index >= 15 is 0 Å². The zero-order chi connectivity index (χ0) is 21.9. The van der Waals surface area contributed by atoms with Gasteiger partial charge in [0.1, 0.15) is 18.0 Å². The summed E-state index contributed by atoms with van der Waals surface area (Å²) in [5, 5.41) is 5.66. The van der Waals surface area contributed by atoms with E-state index in [4.69, 9.17) is 4.74 Å². The molecular formula is C24H21N5O3. The van der Waals surface area contributed by atoms with E-state index in [0.29, 0.717) is 36.7 Å². The van der Waals surface area contributed by atoms with Crippen molar-refractivity contribution in [3.8, 4) is 5.75 Å². The van der Waals surface area contributed by atoms with Crippen LogP contribution >= 0.6 is 0 Å². The molecule has 8 heteroatoms. The van der Waals surface area contributed by atoms with Gasteiger partial charge in [-0.2, -0.15) is 0 Å². The molecule has 0 saturated carbocycles. The number of nitrogens with one attached hydrogen (secondary N) is 2. The molecule has 0 bridgehead atoms. The Morgan fingerprint density at radius 1 is 1.09 bits per heavy atom. The van der Waals surface area contributed by atoms with Crippen molar-refractivity contribution in [2.75, 3.05) is 23.3 Å². The van der Waals surface area contributed by atoms with Crippen molar-refractivity contribution >= 4 is 29.0 Å². The zero-order valence-corrected chi connectivity index (χ0v) is 17.2. The van der Waals surface area contributed by atoms with Crippen LogP contribution in [0.4, 0.5) is 16.2 Å². The van der Waals surface area contributed by atoms with Crippen LogP contribution in [0, 0.1) is 0 Å². The number of amides is 3. The molecule has 1 saturated heterocycles. The molecule has 1 aliphatic heterocycles. The second-order valence-corrected chi connectivity index (χ2v) is 7.40. The number of pyridine rings is 1. The lowest BCUT2D eigenvalue weighted by molar-refractivity contribution is 0.102. The molecular weight excluding hydrogens is 406 g/mol. The fourth-order valence-corrected chi connectivity index (χ4v) is 3.61. The van der Waals surface area contributed by atoms with Crippen molar-refractivity contribution < 1.29 is 14.3 Å². The molecule has 2 N–H and O–H groups in total. The van der Waals surface area contributed by atoms with Crippen LogP contribution in [0.15, 0.2) is 79.1 Å². The number of urea groups is 1. The van der Waals surface area contributed by atoms with Crippen molar-refractivity contribution in [1.82, 2.24) is 14.7 Å². The number of benzene rings is 2. The Labute approximate surface area is 184 Å². The summed E-state index contributed by atoms with van der Waals surface area (Å²) in [5.74, 6) is 0.323. The number of fused-ring (bicyclic) bond motifs is 1. The summed E-state index contributed by atoms with van der Waals surface area (Å²) in [5.41, 5.74) is 3.48. The number of carbonyl (C=O) groups excluding carboxylic acids is 2. The van der Waals surface area contributed by atoms with Gasteiger partial charge in [0.15, 0.2) is 0 Å². The fourth-order valence-electron chi connectivity index (χ4n) is 3.61. The maximum atomic E-state index is 12.8. The zero-order valence-electron chi connectivity index (χ0n) is 17.2. The van der Waals surface area contributed by atoms with Crippen LogP contribution in [0.1, 0.15) is 16.1 Å². The predicted molar refractivity (Wildman–Crippen MR) is 121 cm³/mol. The molecule has 0 aliphatic carbocycles. The first kappa shape index (κ1) is 19.6. The van der Waals surface area contributed by atoms with Gasteiger partial charge in [-0.1, -0.05) is 18.2 Å². The summed E-state index contributed by atoms with van der Waals surface area (Å²) < 4.78 is 7.79. The maximum Gasteiger partial charge on any atom is 0.321 e. The normalized spacial score (nSPS) is 13.2. The molecule has 1 aliphatic rings. The number of rotatable bonds is 6. The van der Waals surface area contributed by atoms with Gasteiger partial charge in [0, 0.05) is 42.4 Å². The highest BCUT2D eigenvalue weighted by molar-refractivity contribution is 6.05. The minimum Gasteiger partial charge on any atom is -0.487 e. The number of imidazole rings is 1. The summed E-state index contributed by atoms with van der Waals surface area (Å²) in [4.78, 5) is 30.8. The summed E-state index contributed by atoms with van der Waals surface area (Å²) in [7, 11) is 0. The molecule has 5 rings (SSSR count). The predicted octanol–water partition coefficient (Wildman–Crippen LogP) is 3.70. The molecule has 0 radical (unpaired) electrons. The van der Waals surface area contributed by atoms with E-state index < -0.39 is 0 Å². The first-order chi connectivity index (χ1) is 15.7. The second-order valence-electron chi connectivity index (χ2n) is 7.40. The third-order valence-corrected chi connectivity index (χ3v) is 5.17. The molecule has 3 amide bonds. The first-order valence-corrected chi connectivity index (χ1v) is 10.3. The Hall–Kier alpha value is -4.33. The fraction of sp³-hybridized carbons (Fsp3) is 0.125. The number of nitrogens with zero attached hydrogens (tertiary/aromatic N) is 3. The molecule has 0 spiro atoms. The van der Waals surface area contributed by atoms with E-state index in [9.17, 15) is 9.59 Å². The number of hydrogen-bond acceptors (Lipinski definition) is 4. The van der Waals surface area contributed by atoms with E-state index in [1.165, 1.54) is 0 Å². The van der Waals surface area contributed by atoms with Crippen LogP contribution < -0.4 is 20.3 Å². The second kappa shape index (κ2) is 8.43. The lowest BCUT2D eigenvalue weighted by atomic mass is 10.2. The van der Waals surface area contributed by atoms with E-state index in [1.807, 2.05) is 47.1 Å². The van der Waals surface area contributed by atoms with Crippen LogP contribution in [0.2, 0.25) is 0 Å². The molecule has 32 heavy (non-hydrogen) atoms. The number of aromatic nitrogens is 2. The molecule has 160 valence electrons. The van der Waals surface area contributed by atoms with Gasteiger partial charge < -0.3 is 19.8 Å². The highest BCUT2D eigenvalue weighted by Gasteiger charge is 2.21. The van der Waals surface area contributed by atoms with Crippen molar-refractivity contribution in [3.63, 3.8) is 0 Å². The Morgan fingerprint density at radius 2 is 2.00 bits per heavy atom. The maximum absolute atomic E-state index is 12.8. The standard InChI is InChI=1S/C24H21N5O3/c30-23(27-18-6-4-7-20(14-18)29-12-10-25-24(29)31)17-5-3-8-21(13-17)32-16-19-15-28-11-2-1-9-22(28)26-19/h1-9,11,13-15H,10,12,16H2,(H,25,31)(H,27,30). The molecule has 0 unspecified atom stereocenters. The lowest BCUT2D eigenvalue weighted by Gasteiger charge is -2.15. The van der Waals surface area contributed by atoms with E-state index in [1.54, 1.807) is 41.3 Å². The van der Waals surface area contributed by atoms with Gasteiger partial charge >= 0.3 is 6.03 Å². The van der Waals surface area contributed by atoms with Gasteiger partial charge in [0.2, 0.25) is 0 Å². The Bertz CT molecular complexity index is 1270. The van der Waals surface area contributed by atoms with E-state index in [2.05, 4.69) is 15.6 Å². The van der Waals surface area contributed by atoms with Crippen LogP contribution in [0.5, 0.6) is 5.75 Å². The van der Waals surface area contributed by atoms with Gasteiger partial charge in [-0.3, -0.25) is 9.69 Å². The molecule has 1 fully saturated rings. The van der Waals surface area contributed by atoms with E-state index in [-0.39, 0.29) is 11.9 Å². The topological polar surface area (TPSA) is 88.0 Å². The SMILES string of the molecule is O=C(Nc1cccc(N2CCNC2=O)c1)c1cccc(OCc2cn3ccccc3n2)c1. The number of anilines is 2. The van der Waals surface area contributed by atoms with E-state index in [0.717, 1.165) is 17.0 Å². The van der Waals surface area contributed by atoms with Crippen LogP contribution in [0.25, 0.3) is 5.65 Å². The minimum atomic E-state index is -0.258. The Kier molecular flexibility index (Phi) is 5.17. The first-order valence-electron chi connectivity index (χ1n) is 10.3. The Morgan fingerprint density at radius 3 is 2.84 bits per heavy atom. The lowest BCUT2D eigenvalue weighted by Crippen LogP contribution is -2.27. The molecule has 3 heterocycles. The van der Waals surface area contributed by atoms with Crippen LogP contribution in [0.3, 0.4) is 0 Å². The Balaban J connectivity index is 1.26. The average molecular weight is 427 g/mol. The molecule has 8 nitrogen and oxygen atoms in total. The third kappa shape index (κ3) is 4.11. The number of carbonyl (C=O) groups is 2. The molecule has 2 aromatic heterocycles. The monoisotopic (exact) mass is 427 g/mol. The number of ether oxygens (including phenoxy) is 1. The molecule has 4 aromatic rings. The summed E-state index contributed by atoms with van der Waals surface area (Å²) in [6.45, 7) is 1.51. The highest BCUT2D eigenvalue weighted by atomic mass is 16.5. The smallest absolute Gasteiger partial charge is 0.321 e. The summed E-state index contributed by atoms with van der Waals surface area (Å²) >= 11 is 0. The van der Waals surface area contributed by atoms with Crippen molar-refractivity contribution in [2.45, 2.75) is 6.61 Å². The molecule has 0 atom stereocenters. The third-order valence-electron chi connectivity index (χ3n) is 5.17. The van der Waals surface area contributed by atoms with Gasteiger partial charge in [0.25, 0.3) is 5.91 Å². The van der Waals surface area contributed by atoms with Gasteiger partial charge in [-0.15, -0.1) is 0 Å². The van der Waals surface area contributed by atoms with Crippen LogP contribution in [-0.2, 0) is 6.61 Å². The van der Waals surface area contributed by atoms with Gasteiger partial charge in [-0.05, 0) is 48.5 Å². The highest BCUT2D eigenvalue weighted by Crippen LogP contribution is 2.22. The minimum absolute atomic E-state index is 0.135. The van der Waals surface area contributed by atoms with Crippen molar-refractivity contribution in [3.05, 3.63) is 90.4 Å². The quantitative estimate of drug-likeness (QED) is 0.491. The summed E-state index contributed by atoms with van der Waals surface area (Å²) in [6, 6.07) is 19.9. The summed E-state index contributed by atoms with van der Waals surface area (Å²) in [6.07, 6.45) is 3.85. The largest absolute Gasteiger partial charge is 0.487 e. The average Bonchev–Trinajstić information content (AvgIpc) is 3.43. The van der Waals surface area contributed by atoms with Gasteiger partial charge in [0.05, 0.1) is 5.69 Å². The molecule has 2 aromatic carbocycles. The van der Waals surface area contributed by atoms with Crippen molar-refractivity contribution in [1.29, 1.82) is 0 Å². The van der Waals surface area contributed by atoms with Crippen LogP contribution in [-0.4, -0.2) is 34.4 Å². The van der Waals surface area contributed by atoms with Crippen molar-refractivity contribution in [2.24, 2.45) is 0 Å². The number of hydrogen-bond donors (Lipinski definition) is 2.